The lowest BCUT2D eigenvalue weighted by atomic mass is 10.1. The van der Waals surface area contributed by atoms with Gasteiger partial charge < -0.3 is 16.8 Å². The van der Waals surface area contributed by atoms with Gasteiger partial charge in [-0.1, -0.05) is 0 Å². The third-order valence-corrected chi connectivity index (χ3v) is 2.61. The SMILES string of the molecule is NC(=O)c1cc(N)ccc1Nc1ccc(F)c(F)c1F. The number of hydrogen-bond acceptors (Lipinski definition) is 3. The molecule has 7 heteroatoms. The molecule has 104 valence electrons. The Hall–Kier alpha value is -2.70. The summed E-state index contributed by atoms with van der Waals surface area (Å²) in [6.07, 6.45) is 0. The largest absolute Gasteiger partial charge is 0.399 e. The third-order valence-electron chi connectivity index (χ3n) is 2.61. The van der Waals surface area contributed by atoms with Crippen molar-refractivity contribution in [2.75, 3.05) is 11.1 Å². The third kappa shape index (κ3) is 2.51. The number of amides is 1. The van der Waals surface area contributed by atoms with Crippen LogP contribution >= 0.6 is 0 Å². The number of carbonyl (C=O) groups is 1. The van der Waals surface area contributed by atoms with Gasteiger partial charge in [0.05, 0.1) is 16.9 Å². The monoisotopic (exact) mass is 281 g/mol. The number of rotatable bonds is 3. The number of nitrogens with two attached hydrogens (primary N) is 2. The molecule has 2 aromatic carbocycles. The molecule has 0 unspecified atom stereocenters. The molecule has 0 radical (unpaired) electrons. The first kappa shape index (κ1) is 13.7. The number of hydrogen-bond donors (Lipinski definition) is 3. The summed E-state index contributed by atoms with van der Waals surface area (Å²) < 4.78 is 39.5. The fourth-order valence-corrected chi connectivity index (χ4v) is 1.64. The van der Waals surface area contributed by atoms with Gasteiger partial charge in [-0.3, -0.25) is 4.79 Å². The summed E-state index contributed by atoms with van der Waals surface area (Å²) in [7, 11) is 0. The van der Waals surface area contributed by atoms with Crippen LogP contribution in [-0.2, 0) is 0 Å². The first-order valence-electron chi connectivity index (χ1n) is 5.50. The Kier molecular flexibility index (Phi) is 3.51. The zero-order chi connectivity index (χ0) is 14.9. The summed E-state index contributed by atoms with van der Waals surface area (Å²) in [6, 6.07) is 5.90. The van der Waals surface area contributed by atoms with E-state index >= 15 is 0 Å². The van der Waals surface area contributed by atoms with Crippen LogP contribution in [-0.4, -0.2) is 5.91 Å². The average Bonchev–Trinajstić information content (AvgIpc) is 2.41. The van der Waals surface area contributed by atoms with Gasteiger partial charge in [-0.25, -0.2) is 13.2 Å². The first-order valence-corrected chi connectivity index (χ1v) is 5.50. The quantitative estimate of drug-likeness (QED) is 0.597. The Morgan fingerprint density at radius 3 is 2.30 bits per heavy atom. The summed E-state index contributed by atoms with van der Waals surface area (Å²) in [5, 5.41) is 2.48. The molecule has 0 atom stereocenters. The summed E-state index contributed by atoms with van der Waals surface area (Å²) in [5.41, 5.74) is 10.8. The number of halogens is 3. The zero-order valence-electron chi connectivity index (χ0n) is 10.1. The molecule has 0 saturated carbocycles. The lowest BCUT2D eigenvalue weighted by Gasteiger charge is -2.12. The second kappa shape index (κ2) is 5.12. The number of anilines is 3. The van der Waals surface area contributed by atoms with Crippen molar-refractivity contribution in [1.29, 1.82) is 0 Å². The molecule has 4 nitrogen and oxygen atoms in total. The number of carbonyl (C=O) groups excluding carboxylic acids is 1. The average molecular weight is 281 g/mol. The van der Waals surface area contributed by atoms with Gasteiger partial charge in [0.15, 0.2) is 17.5 Å². The van der Waals surface area contributed by atoms with Crippen LogP contribution in [0.5, 0.6) is 0 Å². The normalized spacial score (nSPS) is 10.3. The Bertz CT molecular complexity index is 689. The van der Waals surface area contributed by atoms with Crippen LogP contribution in [0.4, 0.5) is 30.2 Å². The maximum atomic E-state index is 13.5. The maximum Gasteiger partial charge on any atom is 0.250 e. The van der Waals surface area contributed by atoms with E-state index in [0.717, 1.165) is 12.1 Å². The molecule has 0 aliphatic carbocycles. The minimum Gasteiger partial charge on any atom is -0.399 e. The molecular weight excluding hydrogens is 271 g/mol. The Balaban J connectivity index is 2.45. The van der Waals surface area contributed by atoms with E-state index in [1.54, 1.807) is 0 Å². The van der Waals surface area contributed by atoms with Gasteiger partial charge in [0.25, 0.3) is 5.91 Å². The molecule has 20 heavy (non-hydrogen) atoms. The highest BCUT2D eigenvalue weighted by atomic mass is 19.2. The van der Waals surface area contributed by atoms with Crippen molar-refractivity contribution < 1.29 is 18.0 Å². The summed E-state index contributed by atoms with van der Waals surface area (Å²) in [6.45, 7) is 0. The van der Waals surface area contributed by atoms with Gasteiger partial charge in [-0.15, -0.1) is 0 Å². The van der Waals surface area contributed by atoms with Gasteiger partial charge in [-0.05, 0) is 30.3 Å². The van der Waals surface area contributed by atoms with Gasteiger partial charge >= 0.3 is 0 Å². The van der Waals surface area contributed by atoms with E-state index in [4.69, 9.17) is 11.5 Å². The first-order chi connectivity index (χ1) is 9.40. The van der Waals surface area contributed by atoms with Crippen molar-refractivity contribution >= 4 is 23.0 Å². The molecule has 2 rings (SSSR count). The van der Waals surface area contributed by atoms with E-state index < -0.39 is 23.4 Å². The summed E-state index contributed by atoms with van der Waals surface area (Å²) in [5.74, 6) is -5.09. The minimum absolute atomic E-state index is 0.00846. The Morgan fingerprint density at radius 1 is 1.00 bits per heavy atom. The lowest BCUT2D eigenvalue weighted by molar-refractivity contribution is 0.100. The lowest BCUT2D eigenvalue weighted by Crippen LogP contribution is -2.14. The second-order valence-electron chi connectivity index (χ2n) is 4.02. The highest BCUT2D eigenvalue weighted by Crippen LogP contribution is 2.26. The van der Waals surface area contributed by atoms with E-state index in [1.165, 1.54) is 18.2 Å². The van der Waals surface area contributed by atoms with Gasteiger partial charge in [-0.2, -0.15) is 0 Å². The van der Waals surface area contributed by atoms with Crippen LogP contribution in [0.25, 0.3) is 0 Å². The van der Waals surface area contributed by atoms with Crippen molar-refractivity contribution in [3.05, 3.63) is 53.3 Å². The molecule has 0 aliphatic rings. The van der Waals surface area contributed by atoms with E-state index in [2.05, 4.69) is 5.32 Å². The predicted octanol–water partition coefficient (Wildman–Crippen LogP) is 2.53. The van der Waals surface area contributed by atoms with Gasteiger partial charge in [0.1, 0.15) is 0 Å². The van der Waals surface area contributed by atoms with E-state index in [1.807, 2.05) is 0 Å². The van der Waals surface area contributed by atoms with Gasteiger partial charge in [0, 0.05) is 5.69 Å². The molecule has 1 amide bonds. The summed E-state index contributed by atoms with van der Waals surface area (Å²) in [4.78, 5) is 11.3. The predicted molar refractivity (Wildman–Crippen MR) is 69.0 cm³/mol. The molecule has 0 bridgehead atoms. The molecular formula is C13H10F3N3O. The molecule has 2 aromatic rings. The highest BCUT2D eigenvalue weighted by molar-refractivity contribution is 6.00. The van der Waals surface area contributed by atoms with Crippen LogP contribution in [0.15, 0.2) is 30.3 Å². The van der Waals surface area contributed by atoms with Crippen LogP contribution in [0.3, 0.4) is 0 Å². The zero-order valence-corrected chi connectivity index (χ0v) is 10.1. The van der Waals surface area contributed by atoms with Gasteiger partial charge in [0.2, 0.25) is 0 Å². The number of benzene rings is 2. The van der Waals surface area contributed by atoms with E-state index in [-0.39, 0.29) is 22.6 Å². The van der Waals surface area contributed by atoms with Crippen LogP contribution < -0.4 is 16.8 Å². The van der Waals surface area contributed by atoms with Crippen LogP contribution in [0.1, 0.15) is 10.4 Å². The fourth-order valence-electron chi connectivity index (χ4n) is 1.64. The standard InChI is InChI=1S/C13H10F3N3O/c14-8-2-4-10(12(16)11(8)15)19-9-3-1-6(17)5-7(9)13(18)20/h1-5,19H,17H2,(H2,18,20). The molecule has 0 aromatic heterocycles. The molecule has 0 heterocycles. The fraction of sp³-hybridized carbons (Fsp3) is 0. The van der Waals surface area contributed by atoms with Crippen molar-refractivity contribution in [2.24, 2.45) is 5.73 Å². The highest BCUT2D eigenvalue weighted by Gasteiger charge is 2.15. The van der Waals surface area contributed by atoms with E-state index in [0.29, 0.717) is 0 Å². The number of nitrogen functional groups attached to an aromatic ring is 1. The molecule has 0 fully saturated rings. The summed E-state index contributed by atoms with van der Waals surface area (Å²) >= 11 is 0. The number of primary amides is 1. The molecule has 0 spiro atoms. The second-order valence-corrected chi connectivity index (χ2v) is 4.02. The number of nitrogens with one attached hydrogen (secondary N) is 1. The van der Waals surface area contributed by atoms with E-state index in [9.17, 15) is 18.0 Å². The van der Waals surface area contributed by atoms with Crippen LogP contribution in [0.2, 0.25) is 0 Å². The van der Waals surface area contributed by atoms with Crippen molar-refractivity contribution in [3.63, 3.8) is 0 Å². The minimum atomic E-state index is -1.61. The van der Waals surface area contributed by atoms with Crippen LogP contribution in [0, 0.1) is 17.5 Å². The Morgan fingerprint density at radius 2 is 1.65 bits per heavy atom. The van der Waals surface area contributed by atoms with Crippen molar-refractivity contribution in [1.82, 2.24) is 0 Å². The Labute approximate surface area is 112 Å². The molecule has 0 aliphatic heterocycles. The van der Waals surface area contributed by atoms with Crippen molar-refractivity contribution in [2.45, 2.75) is 0 Å². The topological polar surface area (TPSA) is 81.1 Å². The molecule has 0 saturated heterocycles. The maximum absolute atomic E-state index is 13.5. The van der Waals surface area contributed by atoms with Crippen molar-refractivity contribution in [3.8, 4) is 0 Å². The smallest absolute Gasteiger partial charge is 0.250 e. The molecule has 5 N–H and O–H groups in total.